The monoisotopic (exact) mass is 217 g/mol. The van der Waals surface area contributed by atoms with E-state index in [2.05, 4.69) is 6.92 Å². The van der Waals surface area contributed by atoms with Gasteiger partial charge in [-0.25, -0.2) is 0 Å². The van der Waals surface area contributed by atoms with E-state index in [1.807, 2.05) is 18.2 Å². The topological polar surface area (TPSA) is 26.0 Å². The van der Waals surface area contributed by atoms with Crippen LogP contribution in [0.1, 0.15) is 12.5 Å². The van der Waals surface area contributed by atoms with Crippen LogP contribution in [0, 0.1) is 5.92 Å². The van der Waals surface area contributed by atoms with Crippen molar-refractivity contribution in [3.8, 4) is 0 Å². The van der Waals surface area contributed by atoms with Crippen LogP contribution in [0.5, 0.6) is 0 Å². The minimum atomic E-state index is 0.484. The van der Waals surface area contributed by atoms with E-state index in [0.29, 0.717) is 22.5 Å². The number of halogens is 2. The molecule has 3 heteroatoms. The summed E-state index contributed by atoms with van der Waals surface area (Å²) in [5, 5.41) is 1.22. The highest BCUT2D eigenvalue weighted by atomic mass is 35.5. The molecule has 0 spiro atoms. The van der Waals surface area contributed by atoms with Crippen molar-refractivity contribution < 1.29 is 0 Å². The third-order valence-corrected chi connectivity index (χ3v) is 2.71. The molecule has 1 nitrogen and oxygen atoms in total. The van der Waals surface area contributed by atoms with Gasteiger partial charge in [-0.1, -0.05) is 36.2 Å². The minimum absolute atomic E-state index is 0.484. The van der Waals surface area contributed by atoms with Crippen LogP contribution in [0.25, 0.3) is 0 Å². The first-order valence-corrected chi connectivity index (χ1v) is 5.03. The molecule has 1 aromatic carbocycles. The summed E-state index contributed by atoms with van der Waals surface area (Å²) in [4.78, 5) is 0. The lowest BCUT2D eigenvalue weighted by Gasteiger charge is -2.08. The zero-order chi connectivity index (χ0) is 9.84. The van der Waals surface area contributed by atoms with Gasteiger partial charge in [-0.05, 0) is 36.6 Å². The fraction of sp³-hybridized carbons (Fsp3) is 0.400. The zero-order valence-electron chi connectivity index (χ0n) is 7.56. The van der Waals surface area contributed by atoms with Gasteiger partial charge >= 0.3 is 0 Å². The Labute approximate surface area is 88.8 Å². The van der Waals surface area contributed by atoms with Crippen molar-refractivity contribution in [3.05, 3.63) is 33.8 Å². The lowest BCUT2D eigenvalue weighted by molar-refractivity contribution is 0.593. The molecule has 1 atom stereocenters. The quantitative estimate of drug-likeness (QED) is 0.828. The predicted octanol–water partition coefficient (Wildman–Crippen LogP) is 3.13. The van der Waals surface area contributed by atoms with E-state index in [4.69, 9.17) is 28.9 Å². The lowest BCUT2D eigenvalue weighted by Crippen LogP contribution is -2.12. The van der Waals surface area contributed by atoms with E-state index in [1.54, 1.807) is 0 Å². The van der Waals surface area contributed by atoms with E-state index >= 15 is 0 Å². The summed E-state index contributed by atoms with van der Waals surface area (Å²) in [7, 11) is 0. The Morgan fingerprint density at radius 3 is 2.54 bits per heavy atom. The van der Waals surface area contributed by atoms with Gasteiger partial charge in [-0.15, -0.1) is 0 Å². The number of rotatable bonds is 3. The minimum Gasteiger partial charge on any atom is -0.330 e. The van der Waals surface area contributed by atoms with Gasteiger partial charge in [0.1, 0.15) is 0 Å². The Hall–Kier alpha value is -0.240. The van der Waals surface area contributed by atoms with Crippen LogP contribution in [0.2, 0.25) is 10.0 Å². The summed E-state index contributed by atoms with van der Waals surface area (Å²) in [6.45, 7) is 2.81. The van der Waals surface area contributed by atoms with Gasteiger partial charge in [0.05, 0.1) is 10.0 Å². The van der Waals surface area contributed by atoms with Gasteiger partial charge in [0.15, 0.2) is 0 Å². The third-order valence-electron chi connectivity index (χ3n) is 1.97. The van der Waals surface area contributed by atoms with Crippen molar-refractivity contribution in [2.24, 2.45) is 11.7 Å². The molecule has 0 aromatic heterocycles. The molecule has 0 unspecified atom stereocenters. The molecule has 0 heterocycles. The van der Waals surface area contributed by atoms with Crippen LogP contribution in [-0.4, -0.2) is 6.54 Å². The molecule has 72 valence electrons. The summed E-state index contributed by atoms with van der Waals surface area (Å²) in [5.41, 5.74) is 6.72. The lowest BCUT2D eigenvalue weighted by atomic mass is 10.0. The Morgan fingerprint density at radius 1 is 1.31 bits per heavy atom. The van der Waals surface area contributed by atoms with Gasteiger partial charge in [-0.3, -0.25) is 0 Å². The average Bonchev–Trinajstić information content (AvgIpc) is 2.11. The molecule has 0 saturated carbocycles. The second-order valence-electron chi connectivity index (χ2n) is 3.29. The first kappa shape index (κ1) is 10.8. The van der Waals surface area contributed by atoms with Crippen LogP contribution in [0.3, 0.4) is 0 Å². The second-order valence-corrected chi connectivity index (χ2v) is 4.11. The Kier molecular flexibility index (Phi) is 4.04. The number of hydrogen-bond donors (Lipinski definition) is 1. The van der Waals surface area contributed by atoms with E-state index in [1.165, 1.54) is 5.56 Å². The molecule has 13 heavy (non-hydrogen) atoms. The molecule has 1 rings (SSSR count). The Morgan fingerprint density at radius 2 is 2.00 bits per heavy atom. The SMILES string of the molecule is C[C@@H](CN)Cc1ccc(Cl)c(Cl)c1. The summed E-state index contributed by atoms with van der Waals surface area (Å²) in [6, 6.07) is 5.71. The zero-order valence-corrected chi connectivity index (χ0v) is 9.07. The fourth-order valence-corrected chi connectivity index (χ4v) is 1.47. The highest BCUT2D eigenvalue weighted by Gasteiger charge is 2.03. The van der Waals surface area contributed by atoms with Crippen LogP contribution in [0.4, 0.5) is 0 Å². The average molecular weight is 218 g/mol. The first-order valence-electron chi connectivity index (χ1n) is 4.27. The van der Waals surface area contributed by atoms with E-state index in [-0.39, 0.29) is 0 Å². The highest BCUT2D eigenvalue weighted by molar-refractivity contribution is 6.42. The van der Waals surface area contributed by atoms with Crippen molar-refractivity contribution in [3.63, 3.8) is 0 Å². The Bertz CT molecular complexity index is 286. The van der Waals surface area contributed by atoms with Crippen molar-refractivity contribution in [1.29, 1.82) is 0 Å². The van der Waals surface area contributed by atoms with E-state index < -0.39 is 0 Å². The molecule has 0 amide bonds. The van der Waals surface area contributed by atoms with Gasteiger partial charge < -0.3 is 5.73 Å². The maximum absolute atomic E-state index is 5.88. The summed E-state index contributed by atoms with van der Waals surface area (Å²) in [6.07, 6.45) is 0.952. The van der Waals surface area contributed by atoms with Crippen molar-refractivity contribution in [2.75, 3.05) is 6.54 Å². The Balaban J connectivity index is 2.73. The molecular weight excluding hydrogens is 205 g/mol. The molecule has 0 saturated heterocycles. The van der Waals surface area contributed by atoms with Crippen molar-refractivity contribution in [2.45, 2.75) is 13.3 Å². The van der Waals surface area contributed by atoms with E-state index in [0.717, 1.165) is 6.42 Å². The second kappa shape index (κ2) is 4.85. The van der Waals surface area contributed by atoms with Crippen LogP contribution >= 0.6 is 23.2 Å². The summed E-state index contributed by atoms with van der Waals surface area (Å²) < 4.78 is 0. The molecular formula is C10H13Cl2N. The number of hydrogen-bond acceptors (Lipinski definition) is 1. The molecule has 0 radical (unpaired) electrons. The molecule has 1 aromatic rings. The van der Waals surface area contributed by atoms with E-state index in [9.17, 15) is 0 Å². The smallest absolute Gasteiger partial charge is 0.0595 e. The van der Waals surface area contributed by atoms with Gasteiger partial charge in [0.2, 0.25) is 0 Å². The molecule has 0 bridgehead atoms. The van der Waals surface area contributed by atoms with Gasteiger partial charge in [-0.2, -0.15) is 0 Å². The van der Waals surface area contributed by atoms with Gasteiger partial charge in [0, 0.05) is 0 Å². The maximum atomic E-state index is 5.88. The van der Waals surface area contributed by atoms with Crippen LogP contribution in [-0.2, 0) is 6.42 Å². The van der Waals surface area contributed by atoms with Crippen molar-refractivity contribution in [1.82, 2.24) is 0 Å². The number of nitrogens with two attached hydrogens (primary N) is 1. The van der Waals surface area contributed by atoms with Crippen LogP contribution in [0.15, 0.2) is 18.2 Å². The van der Waals surface area contributed by atoms with Crippen molar-refractivity contribution >= 4 is 23.2 Å². The normalized spacial score (nSPS) is 12.9. The predicted molar refractivity (Wildman–Crippen MR) is 58.4 cm³/mol. The first-order chi connectivity index (χ1) is 6.13. The van der Waals surface area contributed by atoms with Gasteiger partial charge in [0.25, 0.3) is 0 Å². The largest absolute Gasteiger partial charge is 0.330 e. The summed E-state index contributed by atoms with van der Waals surface area (Å²) >= 11 is 11.7. The highest BCUT2D eigenvalue weighted by Crippen LogP contribution is 2.23. The number of benzene rings is 1. The molecule has 0 fully saturated rings. The standard InChI is InChI=1S/C10H13Cl2N/c1-7(6-13)4-8-2-3-9(11)10(12)5-8/h2-3,5,7H,4,6,13H2,1H3/t7-/m1/s1. The third kappa shape index (κ3) is 3.18. The van der Waals surface area contributed by atoms with Crippen LogP contribution < -0.4 is 5.73 Å². The molecule has 0 aliphatic rings. The molecule has 2 N–H and O–H groups in total. The molecule has 0 aliphatic heterocycles. The molecule has 0 aliphatic carbocycles. The maximum Gasteiger partial charge on any atom is 0.0595 e. The fourth-order valence-electron chi connectivity index (χ4n) is 1.15. The summed E-state index contributed by atoms with van der Waals surface area (Å²) in [5.74, 6) is 0.484.